The quantitative estimate of drug-likeness (QED) is 0.520. The number of nitrogens with zero attached hydrogens (tertiary/aromatic N) is 1. The van der Waals surface area contributed by atoms with Crippen LogP contribution < -0.4 is 15.4 Å². The molecule has 7 nitrogen and oxygen atoms in total. The largest absolute Gasteiger partial charge is 0.491 e. The summed E-state index contributed by atoms with van der Waals surface area (Å²) < 4.78 is 10.9. The standard InChI is InChI=1S/C23H31N3O4/c1-4-26(5-2)23(28)18-9-7-10-19(15-18)24-17-22(27)25-20-11-8-12-21(16-20)30-14-13-29-6-3/h7-12,15-16,24H,4-6,13-14,17H2,1-3H3,(H,25,27). The van der Waals surface area contributed by atoms with Gasteiger partial charge >= 0.3 is 0 Å². The minimum Gasteiger partial charge on any atom is -0.491 e. The third-order valence-electron chi connectivity index (χ3n) is 4.43. The second-order valence-corrected chi connectivity index (χ2v) is 6.53. The molecule has 0 aromatic heterocycles. The van der Waals surface area contributed by atoms with Gasteiger partial charge < -0.3 is 25.0 Å². The number of nitrogens with one attached hydrogen (secondary N) is 2. The van der Waals surface area contributed by atoms with Crippen LogP contribution in [-0.2, 0) is 9.53 Å². The number of hydrogen-bond acceptors (Lipinski definition) is 5. The number of hydrogen-bond donors (Lipinski definition) is 2. The smallest absolute Gasteiger partial charge is 0.253 e. The summed E-state index contributed by atoms with van der Waals surface area (Å²) in [6.45, 7) is 8.86. The van der Waals surface area contributed by atoms with Crippen molar-refractivity contribution in [2.75, 3.05) is 50.1 Å². The van der Waals surface area contributed by atoms with E-state index in [-0.39, 0.29) is 18.4 Å². The molecule has 2 aromatic rings. The lowest BCUT2D eigenvalue weighted by Crippen LogP contribution is -2.30. The van der Waals surface area contributed by atoms with Crippen molar-refractivity contribution in [3.63, 3.8) is 0 Å². The Morgan fingerprint density at radius 2 is 1.67 bits per heavy atom. The Balaban J connectivity index is 1.88. The minimum atomic E-state index is -0.193. The van der Waals surface area contributed by atoms with Gasteiger partial charge in [0.15, 0.2) is 0 Å². The number of amides is 2. The first kappa shape index (κ1) is 23.2. The van der Waals surface area contributed by atoms with Crippen molar-refractivity contribution in [3.8, 4) is 5.75 Å². The molecule has 0 heterocycles. The molecule has 0 aliphatic heterocycles. The van der Waals surface area contributed by atoms with Crippen molar-refractivity contribution in [2.45, 2.75) is 20.8 Å². The third-order valence-corrected chi connectivity index (χ3v) is 4.43. The molecule has 7 heteroatoms. The first-order valence-electron chi connectivity index (χ1n) is 10.3. The molecular weight excluding hydrogens is 382 g/mol. The van der Waals surface area contributed by atoms with Gasteiger partial charge in [0.25, 0.3) is 5.91 Å². The van der Waals surface area contributed by atoms with E-state index in [4.69, 9.17) is 9.47 Å². The van der Waals surface area contributed by atoms with E-state index in [1.165, 1.54) is 0 Å². The van der Waals surface area contributed by atoms with Crippen LogP contribution in [0.25, 0.3) is 0 Å². The Morgan fingerprint density at radius 1 is 0.933 bits per heavy atom. The molecule has 0 saturated heterocycles. The van der Waals surface area contributed by atoms with Crippen LogP contribution in [0.1, 0.15) is 31.1 Å². The molecule has 2 aromatic carbocycles. The molecule has 0 fully saturated rings. The van der Waals surface area contributed by atoms with Gasteiger partial charge in [-0.3, -0.25) is 9.59 Å². The summed E-state index contributed by atoms with van der Waals surface area (Å²) in [6.07, 6.45) is 0. The Hall–Kier alpha value is -3.06. The van der Waals surface area contributed by atoms with Gasteiger partial charge in [-0.1, -0.05) is 12.1 Å². The fourth-order valence-electron chi connectivity index (χ4n) is 2.87. The molecule has 0 spiro atoms. The SMILES string of the molecule is CCOCCOc1cccc(NC(=O)CNc2cccc(C(=O)N(CC)CC)c2)c1. The van der Waals surface area contributed by atoms with E-state index in [0.29, 0.717) is 49.9 Å². The Kier molecular flexibility index (Phi) is 9.67. The number of benzene rings is 2. The first-order chi connectivity index (χ1) is 14.6. The van der Waals surface area contributed by atoms with Gasteiger partial charge in [0.05, 0.1) is 13.2 Å². The average molecular weight is 414 g/mol. The third kappa shape index (κ3) is 7.40. The Morgan fingerprint density at radius 3 is 2.40 bits per heavy atom. The van der Waals surface area contributed by atoms with Gasteiger partial charge in [-0.25, -0.2) is 0 Å². The van der Waals surface area contributed by atoms with Crippen molar-refractivity contribution >= 4 is 23.2 Å². The molecule has 2 N–H and O–H groups in total. The Labute approximate surface area is 178 Å². The number of anilines is 2. The molecular formula is C23H31N3O4. The lowest BCUT2D eigenvalue weighted by Gasteiger charge is -2.19. The normalized spacial score (nSPS) is 10.4. The summed E-state index contributed by atoms with van der Waals surface area (Å²) in [7, 11) is 0. The maximum Gasteiger partial charge on any atom is 0.253 e. The number of ether oxygens (including phenoxy) is 2. The van der Waals surface area contributed by atoms with Gasteiger partial charge in [-0.05, 0) is 51.1 Å². The van der Waals surface area contributed by atoms with Gasteiger partial charge in [-0.2, -0.15) is 0 Å². The van der Waals surface area contributed by atoms with Crippen molar-refractivity contribution in [2.24, 2.45) is 0 Å². The fraction of sp³-hybridized carbons (Fsp3) is 0.391. The average Bonchev–Trinajstić information content (AvgIpc) is 2.76. The van der Waals surface area contributed by atoms with E-state index in [1.807, 2.05) is 39.0 Å². The van der Waals surface area contributed by atoms with E-state index in [9.17, 15) is 9.59 Å². The van der Waals surface area contributed by atoms with E-state index < -0.39 is 0 Å². The predicted octanol–water partition coefficient (Wildman–Crippen LogP) is 3.63. The van der Waals surface area contributed by atoms with Crippen LogP contribution in [0.2, 0.25) is 0 Å². The van der Waals surface area contributed by atoms with Crippen LogP contribution in [0, 0.1) is 0 Å². The molecule has 162 valence electrons. The van der Waals surface area contributed by atoms with Crippen molar-refractivity contribution in [3.05, 3.63) is 54.1 Å². The van der Waals surface area contributed by atoms with Crippen LogP contribution >= 0.6 is 0 Å². The van der Waals surface area contributed by atoms with Gasteiger partial charge in [0.1, 0.15) is 12.4 Å². The maximum absolute atomic E-state index is 12.5. The van der Waals surface area contributed by atoms with Gasteiger partial charge in [0.2, 0.25) is 5.91 Å². The molecule has 30 heavy (non-hydrogen) atoms. The predicted molar refractivity (Wildman–Crippen MR) is 119 cm³/mol. The first-order valence-corrected chi connectivity index (χ1v) is 10.3. The van der Waals surface area contributed by atoms with E-state index in [0.717, 1.165) is 5.69 Å². The van der Waals surface area contributed by atoms with Gasteiger partial charge in [-0.15, -0.1) is 0 Å². The fourth-order valence-corrected chi connectivity index (χ4v) is 2.87. The maximum atomic E-state index is 12.5. The molecule has 0 aliphatic carbocycles. The van der Waals surface area contributed by atoms with Crippen LogP contribution in [0.3, 0.4) is 0 Å². The van der Waals surface area contributed by atoms with Crippen molar-refractivity contribution in [1.82, 2.24) is 4.90 Å². The molecule has 2 rings (SSSR count). The van der Waals surface area contributed by atoms with E-state index >= 15 is 0 Å². The lowest BCUT2D eigenvalue weighted by molar-refractivity contribution is -0.114. The van der Waals surface area contributed by atoms with E-state index in [1.54, 1.807) is 35.2 Å². The monoisotopic (exact) mass is 413 g/mol. The van der Waals surface area contributed by atoms with Crippen molar-refractivity contribution < 1.29 is 19.1 Å². The molecule has 0 unspecified atom stereocenters. The number of carbonyl (C=O) groups excluding carboxylic acids is 2. The minimum absolute atomic E-state index is 0.0192. The summed E-state index contributed by atoms with van der Waals surface area (Å²) in [6, 6.07) is 14.4. The molecule has 0 radical (unpaired) electrons. The molecule has 2 amide bonds. The van der Waals surface area contributed by atoms with Crippen LogP contribution in [0.4, 0.5) is 11.4 Å². The highest BCUT2D eigenvalue weighted by Crippen LogP contribution is 2.17. The second-order valence-electron chi connectivity index (χ2n) is 6.53. The number of carbonyl (C=O) groups is 2. The highest BCUT2D eigenvalue weighted by molar-refractivity contribution is 5.96. The van der Waals surface area contributed by atoms with Crippen LogP contribution in [0.15, 0.2) is 48.5 Å². The second kappa shape index (κ2) is 12.5. The van der Waals surface area contributed by atoms with Crippen LogP contribution in [0.5, 0.6) is 5.75 Å². The highest BCUT2D eigenvalue weighted by Gasteiger charge is 2.13. The summed E-state index contributed by atoms with van der Waals surface area (Å²) in [5.74, 6) is 0.458. The lowest BCUT2D eigenvalue weighted by atomic mass is 10.1. The zero-order valence-electron chi connectivity index (χ0n) is 17.9. The van der Waals surface area contributed by atoms with Crippen LogP contribution in [-0.4, -0.2) is 56.2 Å². The highest BCUT2D eigenvalue weighted by atomic mass is 16.5. The molecule has 0 saturated carbocycles. The summed E-state index contributed by atoms with van der Waals surface area (Å²) in [5, 5.41) is 5.91. The molecule has 0 bridgehead atoms. The summed E-state index contributed by atoms with van der Waals surface area (Å²) in [4.78, 5) is 26.5. The Bertz CT molecular complexity index is 822. The molecule has 0 aliphatic rings. The zero-order chi connectivity index (χ0) is 21.8. The van der Waals surface area contributed by atoms with Crippen molar-refractivity contribution in [1.29, 1.82) is 0 Å². The van der Waals surface area contributed by atoms with E-state index in [2.05, 4.69) is 10.6 Å². The van der Waals surface area contributed by atoms with Gasteiger partial charge in [0, 0.05) is 42.7 Å². The summed E-state index contributed by atoms with van der Waals surface area (Å²) in [5.41, 5.74) is 1.97. The molecule has 0 atom stereocenters. The number of rotatable bonds is 12. The summed E-state index contributed by atoms with van der Waals surface area (Å²) >= 11 is 0. The topological polar surface area (TPSA) is 79.9 Å². The zero-order valence-corrected chi connectivity index (χ0v) is 17.9.